The molecule has 1 saturated heterocycles. The molecule has 0 radical (unpaired) electrons. The monoisotopic (exact) mass is 487 g/mol. The number of carbonyl (C=O) groups is 2. The van der Waals surface area contributed by atoms with Crippen LogP contribution in [-0.2, 0) is 11.2 Å². The number of benzene rings is 1. The van der Waals surface area contributed by atoms with Crippen molar-refractivity contribution in [2.75, 3.05) is 6.54 Å². The third kappa shape index (κ3) is 6.75. The molecule has 0 aliphatic carbocycles. The summed E-state index contributed by atoms with van der Waals surface area (Å²) in [7, 11) is 0. The first kappa shape index (κ1) is 25.6. The number of hydrogen-bond acceptors (Lipinski definition) is 4. The summed E-state index contributed by atoms with van der Waals surface area (Å²) in [5.41, 5.74) is 0.879. The summed E-state index contributed by atoms with van der Waals surface area (Å²) in [6.07, 6.45) is 2.81. The highest BCUT2D eigenvalue weighted by atomic mass is 32.1. The Morgan fingerprint density at radius 3 is 2.71 bits per heavy atom. The highest BCUT2D eigenvalue weighted by Gasteiger charge is 2.52. The van der Waals surface area contributed by atoms with Crippen molar-refractivity contribution >= 4 is 23.2 Å². The Labute approximate surface area is 201 Å². The second-order valence-corrected chi connectivity index (χ2v) is 9.54. The van der Waals surface area contributed by atoms with Gasteiger partial charge in [0.2, 0.25) is 0 Å². The number of likely N-dealkylation sites (tertiary alicyclic amines) is 1. The van der Waals surface area contributed by atoms with Gasteiger partial charge in [-0.3, -0.25) is 4.79 Å². The topological polar surface area (TPSA) is 77.8 Å². The fourth-order valence-corrected chi connectivity index (χ4v) is 4.59. The van der Waals surface area contributed by atoms with Crippen LogP contribution in [0.4, 0.5) is 8.78 Å². The van der Waals surface area contributed by atoms with E-state index in [9.17, 15) is 23.5 Å². The number of aryl methyl sites for hydroxylation is 1. The SMILES string of the molecule is CC(CC#Cc1ccccc1)C(O)/C=C/[C@H]1CC(F)(F)C(=O)N1CCCc1ccc(C(=O)O)s1. The first-order valence-corrected chi connectivity index (χ1v) is 11.9. The molecule has 3 atom stereocenters. The van der Waals surface area contributed by atoms with E-state index in [1.54, 1.807) is 6.07 Å². The molecule has 2 heterocycles. The molecule has 1 aromatic carbocycles. The van der Waals surface area contributed by atoms with Gasteiger partial charge >= 0.3 is 11.9 Å². The van der Waals surface area contributed by atoms with E-state index in [1.165, 1.54) is 18.2 Å². The summed E-state index contributed by atoms with van der Waals surface area (Å²) < 4.78 is 28.2. The Bertz CT molecular complexity index is 1090. The van der Waals surface area contributed by atoms with Gasteiger partial charge in [0.25, 0.3) is 5.91 Å². The van der Waals surface area contributed by atoms with Gasteiger partial charge in [-0.05, 0) is 43.0 Å². The molecule has 2 N–H and O–H groups in total. The number of nitrogens with zero attached hydrogens (tertiary/aromatic N) is 1. The maximum absolute atomic E-state index is 14.1. The van der Waals surface area contributed by atoms with Crippen LogP contribution >= 0.6 is 11.3 Å². The zero-order valence-corrected chi connectivity index (χ0v) is 19.6. The van der Waals surface area contributed by atoms with Gasteiger partial charge in [0, 0.05) is 29.8 Å². The molecule has 34 heavy (non-hydrogen) atoms. The lowest BCUT2D eigenvalue weighted by Gasteiger charge is -2.22. The molecule has 1 aliphatic rings. The number of hydrogen-bond donors (Lipinski definition) is 2. The number of carbonyl (C=O) groups excluding carboxylic acids is 1. The first-order valence-electron chi connectivity index (χ1n) is 11.1. The quantitative estimate of drug-likeness (QED) is 0.400. The molecule has 2 aromatic rings. The van der Waals surface area contributed by atoms with Crippen LogP contribution in [0.15, 0.2) is 54.6 Å². The van der Waals surface area contributed by atoms with Crippen molar-refractivity contribution in [3.05, 3.63) is 69.9 Å². The van der Waals surface area contributed by atoms with Crippen molar-refractivity contribution in [2.45, 2.75) is 50.7 Å². The average molecular weight is 488 g/mol. The number of rotatable bonds is 9. The molecular formula is C26H27F2NO4S. The number of aliphatic hydroxyl groups is 1. The summed E-state index contributed by atoms with van der Waals surface area (Å²) in [6.45, 7) is 1.95. The Morgan fingerprint density at radius 1 is 1.29 bits per heavy atom. The summed E-state index contributed by atoms with van der Waals surface area (Å²) in [5.74, 6) is 0.191. The number of aromatic carboxylic acids is 1. The molecule has 0 saturated carbocycles. The zero-order valence-electron chi connectivity index (χ0n) is 18.8. The predicted molar refractivity (Wildman–Crippen MR) is 127 cm³/mol. The minimum Gasteiger partial charge on any atom is -0.477 e. The van der Waals surface area contributed by atoms with Crippen LogP contribution in [0, 0.1) is 17.8 Å². The number of carboxylic acid groups (broad SMARTS) is 1. The van der Waals surface area contributed by atoms with Crippen LogP contribution in [0.5, 0.6) is 0 Å². The van der Waals surface area contributed by atoms with Gasteiger partial charge in [-0.1, -0.05) is 49.1 Å². The van der Waals surface area contributed by atoms with Gasteiger partial charge in [0.15, 0.2) is 0 Å². The minimum absolute atomic E-state index is 0.123. The van der Waals surface area contributed by atoms with Crippen LogP contribution < -0.4 is 0 Å². The number of carboxylic acids is 1. The van der Waals surface area contributed by atoms with E-state index in [2.05, 4.69) is 11.8 Å². The van der Waals surface area contributed by atoms with Gasteiger partial charge < -0.3 is 15.1 Å². The van der Waals surface area contributed by atoms with Crippen molar-refractivity contribution in [1.29, 1.82) is 0 Å². The zero-order chi connectivity index (χ0) is 24.7. The van der Waals surface area contributed by atoms with Crippen molar-refractivity contribution in [2.24, 2.45) is 5.92 Å². The van der Waals surface area contributed by atoms with Gasteiger partial charge in [-0.25, -0.2) is 4.79 Å². The highest BCUT2D eigenvalue weighted by Crippen LogP contribution is 2.34. The molecule has 1 fully saturated rings. The van der Waals surface area contributed by atoms with Crippen LogP contribution in [0.1, 0.15) is 46.3 Å². The number of alkyl halides is 2. The molecule has 180 valence electrons. The number of aliphatic hydroxyl groups excluding tert-OH is 1. The van der Waals surface area contributed by atoms with Crippen molar-refractivity contribution in [3.63, 3.8) is 0 Å². The number of thiophene rings is 1. The Hall–Kier alpha value is -3.02. The van der Waals surface area contributed by atoms with Crippen LogP contribution in [-0.4, -0.2) is 51.6 Å². The van der Waals surface area contributed by atoms with Crippen molar-refractivity contribution < 1.29 is 28.6 Å². The largest absolute Gasteiger partial charge is 0.477 e. The van der Waals surface area contributed by atoms with Gasteiger partial charge in [-0.15, -0.1) is 11.3 Å². The Morgan fingerprint density at radius 2 is 2.03 bits per heavy atom. The highest BCUT2D eigenvalue weighted by molar-refractivity contribution is 7.13. The van der Waals surface area contributed by atoms with Crippen molar-refractivity contribution in [3.8, 4) is 11.8 Å². The third-order valence-electron chi connectivity index (χ3n) is 5.68. The molecule has 1 amide bonds. The fourth-order valence-electron chi connectivity index (χ4n) is 3.70. The smallest absolute Gasteiger partial charge is 0.345 e. The molecular weight excluding hydrogens is 460 g/mol. The van der Waals surface area contributed by atoms with E-state index < -0.39 is 36.4 Å². The van der Waals surface area contributed by atoms with Crippen LogP contribution in [0.2, 0.25) is 0 Å². The number of halogens is 2. The predicted octanol–water partition coefficient (Wildman–Crippen LogP) is 4.61. The summed E-state index contributed by atoms with van der Waals surface area (Å²) >= 11 is 1.14. The van der Waals surface area contributed by atoms with E-state index in [-0.39, 0.29) is 17.3 Å². The molecule has 1 aliphatic heterocycles. The lowest BCUT2D eigenvalue weighted by molar-refractivity contribution is -0.148. The van der Waals surface area contributed by atoms with E-state index >= 15 is 0 Å². The van der Waals surface area contributed by atoms with E-state index in [0.717, 1.165) is 26.7 Å². The second-order valence-electron chi connectivity index (χ2n) is 8.37. The summed E-state index contributed by atoms with van der Waals surface area (Å²) in [6, 6.07) is 11.9. The molecule has 2 unspecified atom stereocenters. The maximum atomic E-state index is 14.1. The first-order chi connectivity index (χ1) is 16.2. The average Bonchev–Trinajstić information content (AvgIpc) is 3.36. The molecule has 1 aromatic heterocycles. The minimum atomic E-state index is -3.44. The third-order valence-corrected chi connectivity index (χ3v) is 6.81. The van der Waals surface area contributed by atoms with Gasteiger partial charge in [0.1, 0.15) is 4.88 Å². The normalized spacial score (nSPS) is 19.1. The van der Waals surface area contributed by atoms with Crippen LogP contribution in [0.3, 0.4) is 0 Å². The molecule has 3 rings (SSSR count). The standard InChI is InChI=1S/C26H27F2NO4S/c1-18(7-5-10-19-8-3-2-4-9-19)22(30)14-12-20-17-26(27,28)25(33)29(20)16-6-11-21-13-15-23(34-21)24(31)32/h2-4,8-9,12-15,18,20,22,30H,6-7,11,16-17H2,1H3,(H,31,32)/b14-12+/t18?,20-,22?/m0/s1. The molecule has 5 nitrogen and oxygen atoms in total. The molecule has 0 bridgehead atoms. The van der Waals surface area contributed by atoms with E-state index in [1.807, 2.05) is 37.3 Å². The summed E-state index contributed by atoms with van der Waals surface area (Å²) in [4.78, 5) is 25.4. The maximum Gasteiger partial charge on any atom is 0.345 e. The van der Waals surface area contributed by atoms with Gasteiger partial charge in [0.05, 0.1) is 12.1 Å². The van der Waals surface area contributed by atoms with Crippen molar-refractivity contribution in [1.82, 2.24) is 4.90 Å². The van der Waals surface area contributed by atoms with Gasteiger partial charge in [-0.2, -0.15) is 8.78 Å². The van der Waals surface area contributed by atoms with E-state index in [0.29, 0.717) is 19.3 Å². The van der Waals surface area contributed by atoms with E-state index in [4.69, 9.17) is 5.11 Å². The lowest BCUT2D eigenvalue weighted by atomic mass is 9.99. The Kier molecular flexibility index (Phi) is 8.59. The lowest BCUT2D eigenvalue weighted by Crippen LogP contribution is -2.36. The summed E-state index contributed by atoms with van der Waals surface area (Å²) in [5, 5.41) is 19.4. The number of amides is 1. The fraction of sp³-hybridized carbons (Fsp3) is 0.385. The molecule has 0 spiro atoms. The molecule has 8 heteroatoms. The Balaban J connectivity index is 1.56. The van der Waals surface area contributed by atoms with Crippen LogP contribution in [0.25, 0.3) is 0 Å². The second kappa shape index (κ2) is 11.4.